The first-order chi connectivity index (χ1) is 8.99. The maximum Gasteiger partial charge on any atom is 0.176 e. The van der Waals surface area contributed by atoms with Gasteiger partial charge in [-0.2, -0.15) is 0 Å². The topological polar surface area (TPSA) is 56.2 Å². The number of hydrogen-bond acceptors (Lipinski definition) is 3. The summed E-state index contributed by atoms with van der Waals surface area (Å²) in [7, 11) is 0. The SMILES string of the molecule is CC1(c2c[c]ccc2F)Cn2cc(I)nc2C(N)=N1. The van der Waals surface area contributed by atoms with Crippen LogP contribution in [0.4, 0.5) is 4.39 Å². The van der Waals surface area contributed by atoms with Crippen LogP contribution in [-0.2, 0) is 12.1 Å². The minimum atomic E-state index is -0.733. The Morgan fingerprint density at radius 2 is 2.37 bits per heavy atom. The van der Waals surface area contributed by atoms with Gasteiger partial charge in [-0.15, -0.1) is 0 Å². The first-order valence-electron chi connectivity index (χ1n) is 5.74. The Hall–Kier alpha value is -1.44. The average molecular weight is 369 g/mol. The summed E-state index contributed by atoms with van der Waals surface area (Å²) in [6, 6.07) is 7.45. The number of rotatable bonds is 1. The zero-order chi connectivity index (χ0) is 13.6. The number of aliphatic imine (C=N–C) groups is 1. The molecule has 2 N–H and O–H groups in total. The van der Waals surface area contributed by atoms with Gasteiger partial charge in [-0.1, -0.05) is 6.07 Å². The number of halogens is 2. The summed E-state index contributed by atoms with van der Waals surface area (Å²) >= 11 is 2.12. The van der Waals surface area contributed by atoms with E-state index in [9.17, 15) is 4.39 Å². The number of nitrogens with zero attached hydrogens (tertiary/aromatic N) is 3. The molecule has 6 heteroatoms. The van der Waals surface area contributed by atoms with Crippen LogP contribution in [0.25, 0.3) is 0 Å². The van der Waals surface area contributed by atoms with Crippen LogP contribution in [0.1, 0.15) is 18.3 Å². The van der Waals surface area contributed by atoms with Crippen molar-refractivity contribution in [2.75, 3.05) is 0 Å². The summed E-state index contributed by atoms with van der Waals surface area (Å²) in [5, 5.41) is 0. The first kappa shape index (κ1) is 12.6. The first-order valence-corrected chi connectivity index (χ1v) is 6.82. The molecule has 1 atom stereocenters. The molecule has 3 rings (SSSR count). The molecular formula is C13H11FIN4. The molecule has 0 saturated heterocycles. The standard InChI is InChI=1S/C13H11FIN4/c1-13(8-4-2-3-5-9(8)14)7-19-6-10(15)17-12(19)11(16)18-13/h3-6H,7H2,1H3,(H2,16,18). The van der Waals surface area contributed by atoms with Crippen LogP contribution in [0.5, 0.6) is 0 Å². The van der Waals surface area contributed by atoms with Crippen LogP contribution in [0.2, 0.25) is 0 Å². The predicted molar refractivity (Wildman–Crippen MR) is 78.3 cm³/mol. The van der Waals surface area contributed by atoms with Crippen molar-refractivity contribution in [1.29, 1.82) is 0 Å². The Balaban J connectivity index is 2.13. The molecule has 0 fully saturated rings. The third kappa shape index (κ3) is 2.03. The van der Waals surface area contributed by atoms with Crippen molar-refractivity contribution in [3.63, 3.8) is 0 Å². The molecular weight excluding hydrogens is 358 g/mol. The van der Waals surface area contributed by atoms with Gasteiger partial charge in [-0.05, 0) is 47.7 Å². The van der Waals surface area contributed by atoms with Gasteiger partial charge < -0.3 is 10.3 Å². The Bertz CT molecular complexity index is 679. The van der Waals surface area contributed by atoms with Crippen molar-refractivity contribution in [2.24, 2.45) is 10.7 Å². The van der Waals surface area contributed by atoms with Crippen molar-refractivity contribution in [1.82, 2.24) is 9.55 Å². The smallest absolute Gasteiger partial charge is 0.176 e. The van der Waals surface area contributed by atoms with Crippen LogP contribution in [0, 0.1) is 15.6 Å². The second kappa shape index (κ2) is 4.29. The summed E-state index contributed by atoms with van der Waals surface area (Å²) in [6.45, 7) is 2.37. The molecule has 0 saturated carbocycles. The van der Waals surface area contributed by atoms with Crippen LogP contribution in [0.3, 0.4) is 0 Å². The van der Waals surface area contributed by atoms with Gasteiger partial charge in [0.1, 0.15) is 15.1 Å². The average Bonchev–Trinajstić information content (AvgIpc) is 2.70. The number of imidazole rings is 1. The van der Waals surface area contributed by atoms with E-state index in [-0.39, 0.29) is 5.82 Å². The van der Waals surface area contributed by atoms with Crippen molar-refractivity contribution in [3.05, 3.63) is 51.4 Å². The maximum atomic E-state index is 14.0. The lowest BCUT2D eigenvalue weighted by Crippen LogP contribution is -2.37. The second-order valence-corrected chi connectivity index (χ2v) is 5.80. The van der Waals surface area contributed by atoms with Crippen LogP contribution in [-0.4, -0.2) is 15.4 Å². The molecule has 0 amide bonds. The van der Waals surface area contributed by atoms with Crippen molar-refractivity contribution >= 4 is 28.4 Å². The minimum Gasteiger partial charge on any atom is -0.381 e. The summed E-state index contributed by atoms with van der Waals surface area (Å²) in [4.78, 5) is 8.75. The van der Waals surface area contributed by atoms with E-state index in [4.69, 9.17) is 5.73 Å². The minimum absolute atomic E-state index is 0.295. The van der Waals surface area contributed by atoms with E-state index in [0.29, 0.717) is 23.8 Å². The van der Waals surface area contributed by atoms with E-state index in [0.717, 1.165) is 3.70 Å². The van der Waals surface area contributed by atoms with Gasteiger partial charge in [0.2, 0.25) is 0 Å². The molecule has 1 aromatic carbocycles. The van der Waals surface area contributed by atoms with E-state index < -0.39 is 5.54 Å². The van der Waals surface area contributed by atoms with Crippen LogP contribution >= 0.6 is 22.6 Å². The van der Waals surface area contributed by atoms with Gasteiger partial charge in [-0.3, -0.25) is 4.99 Å². The van der Waals surface area contributed by atoms with Crippen molar-refractivity contribution in [3.8, 4) is 0 Å². The molecule has 0 aliphatic carbocycles. The molecule has 97 valence electrons. The summed E-state index contributed by atoms with van der Waals surface area (Å²) in [5.74, 6) is 0.679. The summed E-state index contributed by atoms with van der Waals surface area (Å²) in [5.41, 5.74) is 5.71. The van der Waals surface area contributed by atoms with Crippen LogP contribution < -0.4 is 5.73 Å². The molecule has 2 aromatic rings. The molecule has 2 heterocycles. The maximum absolute atomic E-state index is 14.0. The number of aromatic nitrogens is 2. The van der Waals surface area contributed by atoms with E-state index in [2.05, 4.69) is 38.6 Å². The fourth-order valence-corrected chi connectivity index (χ4v) is 2.93. The third-order valence-electron chi connectivity index (χ3n) is 3.21. The number of nitrogens with two attached hydrogens (primary N) is 1. The second-order valence-electron chi connectivity index (χ2n) is 4.69. The quantitative estimate of drug-likeness (QED) is 0.783. The highest BCUT2D eigenvalue weighted by molar-refractivity contribution is 14.1. The third-order valence-corrected chi connectivity index (χ3v) is 3.73. The molecule has 0 bridgehead atoms. The Labute approximate surface area is 123 Å². The Morgan fingerprint density at radius 1 is 1.58 bits per heavy atom. The van der Waals surface area contributed by atoms with E-state index in [1.165, 1.54) is 6.07 Å². The van der Waals surface area contributed by atoms with Crippen molar-refractivity contribution < 1.29 is 4.39 Å². The molecule has 4 nitrogen and oxygen atoms in total. The lowest BCUT2D eigenvalue weighted by molar-refractivity contribution is 0.383. The normalized spacial score (nSPS) is 21.9. The highest BCUT2D eigenvalue weighted by atomic mass is 127. The zero-order valence-corrected chi connectivity index (χ0v) is 12.3. The van der Waals surface area contributed by atoms with Gasteiger partial charge in [0, 0.05) is 11.8 Å². The number of hydrogen-bond donors (Lipinski definition) is 1. The molecule has 1 aromatic heterocycles. The molecule has 19 heavy (non-hydrogen) atoms. The van der Waals surface area contributed by atoms with Crippen molar-refractivity contribution in [2.45, 2.75) is 19.0 Å². The van der Waals surface area contributed by atoms with Gasteiger partial charge in [0.15, 0.2) is 11.7 Å². The number of benzene rings is 1. The number of amidine groups is 1. The van der Waals surface area contributed by atoms with E-state index >= 15 is 0 Å². The Morgan fingerprint density at radius 3 is 3.11 bits per heavy atom. The van der Waals surface area contributed by atoms with E-state index in [1.807, 2.05) is 17.7 Å². The fraction of sp³-hybridized carbons (Fsp3) is 0.231. The van der Waals surface area contributed by atoms with Gasteiger partial charge in [-0.25, -0.2) is 9.37 Å². The van der Waals surface area contributed by atoms with E-state index in [1.54, 1.807) is 12.1 Å². The molecule has 1 aliphatic rings. The predicted octanol–water partition coefficient (Wildman–Crippen LogP) is 2.06. The van der Waals surface area contributed by atoms with Gasteiger partial charge >= 0.3 is 0 Å². The largest absolute Gasteiger partial charge is 0.381 e. The van der Waals surface area contributed by atoms with Gasteiger partial charge in [0.05, 0.1) is 6.54 Å². The molecule has 0 spiro atoms. The van der Waals surface area contributed by atoms with Crippen LogP contribution in [0.15, 0.2) is 29.4 Å². The van der Waals surface area contributed by atoms with Gasteiger partial charge in [0.25, 0.3) is 0 Å². The fourth-order valence-electron chi connectivity index (χ4n) is 2.36. The highest BCUT2D eigenvalue weighted by Crippen LogP contribution is 2.33. The summed E-state index contributed by atoms with van der Waals surface area (Å²) in [6.07, 6.45) is 1.89. The highest BCUT2D eigenvalue weighted by Gasteiger charge is 2.34. The lowest BCUT2D eigenvalue weighted by Gasteiger charge is -2.31. The number of fused-ring (bicyclic) bond motifs is 1. The Kier molecular flexibility index (Phi) is 2.84. The lowest BCUT2D eigenvalue weighted by atomic mass is 9.91. The molecule has 1 radical (unpaired) electrons. The molecule has 1 aliphatic heterocycles. The monoisotopic (exact) mass is 369 g/mol. The molecule has 1 unspecified atom stereocenters. The zero-order valence-electron chi connectivity index (χ0n) is 10.2. The summed E-state index contributed by atoms with van der Waals surface area (Å²) < 4.78 is 16.7.